The normalized spacial score (nSPS) is 24.4. The first kappa shape index (κ1) is 11.9. The Balaban J connectivity index is 2.55. The van der Waals surface area contributed by atoms with E-state index in [0.717, 1.165) is 12.8 Å². The zero-order chi connectivity index (χ0) is 11.0. The Kier molecular flexibility index (Phi) is 3.22. The van der Waals surface area contributed by atoms with Gasteiger partial charge in [-0.25, -0.2) is 0 Å². The standard InChI is InChI=1S/C11H22O2Si/c1-11(2,3)14(4,5)13-10-7-6-9(12)8-10/h10H,6-8H2,1-5H3/t10-/m1/s1. The number of carbonyl (C=O) groups is 1. The van der Waals surface area contributed by atoms with Crippen LogP contribution in [0.15, 0.2) is 0 Å². The molecule has 0 unspecified atom stereocenters. The summed E-state index contributed by atoms with van der Waals surface area (Å²) in [5.41, 5.74) is 0. The predicted molar refractivity (Wildman–Crippen MR) is 60.9 cm³/mol. The fourth-order valence-electron chi connectivity index (χ4n) is 1.47. The van der Waals surface area contributed by atoms with E-state index in [1.54, 1.807) is 0 Å². The van der Waals surface area contributed by atoms with Crippen molar-refractivity contribution in [2.75, 3.05) is 0 Å². The highest BCUT2D eigenvalue weighted by Crippen LogP contribution is 2.38. The van der Waals surface area contributed by atoms with Crippen LogP contribution in [0.4, 0.5) is 0 Å². The van der Waals surface area contributed by atoms with E-state index in [4.69, 9.17) is 4.43 Å². The van der Waals surface area contributed by atoms with Gasteiger partial charge in [0.25, 0.3) is 0 Å². The molecular weight excluding hydrogens is 192 g/mol. The van der Waals surface area contributed by atoms with Crippen molar-refractivity contribution in [3.63, 3.8) is 0 Å². The summed E-state index contributed by atoms with van der Waals surface area (Å²) in [6.45, 7) is 11.2. The summed E-state index contributed by atoms with van der Waals surface area (Å²) in [6.07, 6.45) is 2.51. The van der Waals surface area contributed by atoms with Gasteiger partial charge in [-0.15, -0.1) is 0 Å². The van der Waals surface area contributed by atoms with Crippen LogP contribution in [0.5, 0.6) is 0 Å². The summed E-state index contributed by atoms with van der Waals surface area (Å²) >= 11 is 0. The van der Waals surface area contributed by atoms with Crippen LogP contribution in [0.25, 0.3) is 0 Å². The molecule has 3 heteroatoms. The topological polar surface area (TPSA) is 26.3 Å². The molecule has 1 saturated carbocycles. The zero-order valence-corrected chi connectivity index (χ0v) is 11.0. The van der Waals surface area contributed by atoms with E-state index >= 15 is 0 Å². The first-order chi connectivity index (χ1) is 6.22. The van der Waals surface area contributed by atoms with Crippen molar-refractivity contribution < 1.29 is 9.22 Å². The molecule has 1 fully saturated rings. The first-order valence-corrected chi connectivity index (χ1v) is 8.33. The van der Waals surface area contributed by atoms with Crippen LogP contribution in [-0.4, -0.2) is 20.2 Å². The van der Waals surface area contributed by atoms with Crippen LogP contribution >= 0.6 is 0 Å². The van der Waals surface area contributed by atoms with E-state index in [0.29, 0.717) is 12.2 Å². The molecule has 1 rings (SSSR count). The van der Waals surface area contributed by atoms with Gasteiger partial charge in [-0.2, -0.15) is 0 Å². The fourth-order valence-corrected chi connectivity index (χ4v) is 2.86. The van der Waals surface area contributed by atoms with E-state index in [9.17, 15) is 4.79 Å². The Morgan fingerprint density at radius 3 is 2.29 bits per heavy atom. The molecule has 1 aliphatic carbocycles. The highest BCUT2D eigenvalue weighted by atomic mass is 28.4. The zero-order valence-electron chi connectivity index (χ0n) is 10.0. The maximum Gasteiger partial charge on any atom is 0.192 e. The highest BCUT2D eigenvalue weighted by molar-refractivity contribution is 6.74. The summed E-state index contributed by atoms with van der Waals surface area (Å²) in [5, 5.41) is 0.249. The van der Waals surface area contributed by atoms with Crippen molar-refractivity contribution >= 4 is 14.1 Å². The van der Waals surface area contributed by atoms with Crippen molar-refractivity contribution in [1.82, 2.24) is 0 Å². The summed E-state index contributed by atoms with van der Waals surface area (Å²) in [6, 6.07) is 0. The van der Waals surface area contributed by atoms with Gasteiger partial charge >= 0.3 is 0 Å². The Morgan fingerprint density at radius 1 is 1.36 bits per heavy atom. The molecule has 82 valence electrons. The minimum absolute atomic E-state index is 0.211. The summed E-state index contributed by atoms with van der Waals surface area (Å²) in [4.78, 5) is 11.1. The molecule has 0 radical (unpaired) electrons. The van der Waals surface area contributed by atoms with E-state index in [-0.39, 0.29) is 11.1 Å². The molecular formula is C11H22O2Si. The largest absolute Gasteiger partial charge is 0.413 e. The second-order valence-corrected chi connectivity index (χ2v) is 10.5. The van der Waals surface area contributed by atoms with Crippen LogP contribution < -0.4 is 0 Å². The second kappa shape index (κ2) is 3.78. The number of hydrogen-bond donors (Lipinski definition) is 0. The van der Waals surface area contributed by atoms with Gasteiger partial charge in [0.15, 0.2) is 8.32 Å². The molecule has 0 saturated heterocycles. The van der Waals surface area contributed by atoms with Gasteiger partial charge in [0.1, 0.15) is 5.78 Å². The van der Waals surface area contributed by atoms with Gasteiger partial charge in [-0.1, -0.05) is 20.8 Å². The van der Waals surface area contributed by atoms with E-state index in [1.165, 1.54) is 0 Å². The molecule has 0 spiro atoms. The molecule has 0 aromatic carbocycles. The molecule has 1 atom stereocenters. The van der Waals surface area contributed by atoms with E-state index in [1.807, 2.05) is 0 Å². The minimum Gasteiger partial charge on any atom is -0.413 e. The smallest absolute Gasteiger partial charge is 0.192 e. The molecule has 0 N–H and O–H groups in total. The van der Waals surface area contributed by atoms with Gasteiger partial charge in [0, 0.05) is 12.8 Å². The predicted octanol–water partition coefficient (Wildman–Crippen LogP) is 3.13. The van der Waals surface area contributed by atoms with Crippen LogP contribution in [0, 0.1) is 0 Å². The summed E-state index contributed by atoms with van der Waals surface area (Å²) < 4.78 is 6.15. The lowest BCUT2D eigenvalue weighted by Gasteiger charge is -2.38. The van der Waals surface area contributed by atoms with Gasteiger partial charge in [0.05, 0.1) is 6.10 Å². The quantitative estimate of drug-likeness (QED) is 0.660. The van der Waals surface area contributed by atoms with Crippen LogP contribution in [0.2, 0.25) is 18.1 Å². The minimum atomic E-state index is -1.65. The van der Waals surface area contributed by atoms with Crippen LogP contribution in [-0.2, 0) is 9.22 Å². The van der Waals surface area contributed by atoms with E-state index < -0.39 is 8.32 Å². The lowest BCUT2D eigenvalue weighted by Crippen LogP contribution is -2.43. The Labute approximate surface area is 88.2 Å². The van der Waals surface area contributed by atoms with Crippen molar-refractivity contribution in [1.29, 1.82) is 0 Å². The van der Waals surface area contributed by atoms with Crippen molar-refractivity contribution in [2.24, 2.45) is 0 Å². The van der Waals surface area contributed by atoms with E-state index in [2.05, 4.69) is 33.9 Å². The SMILES string of the molecule is CC(C)(C)[Si](C)(C)O[C@@H]1CCC(=O)C1. The van der Waals surface area contributed by atoms with Crippen molar-refractivity contribution in [3.05, 3.63) is 0 Å². The molecule has 0 heterocycles. The van der Waals surface area contributed by atoms with Crippen molar-refractivity contribution in [3.8, 4) is 0 Å². The third-order valence-corrected chi connectivity index (χ3v) is 8.00. The molecule has 0 aromatic heterocycles. The average Bonchev–Trinajstić information content (AvgIpc) is 2.31. The third kappa shape index (κ3) is 2.67. The molecule has 2 nitrogen and oxygen atoms in total. The average molecular weight is 214 g/mol. The molecule has 0 aromatic rings. The van der Waals surface area contributed by atoms with Crippen molar-refractivity contribution in [2.45, 2.75) is 64.3 Å². The molecule has 1 aliphatic rings. The van der Waals surface area contributed by atoms with Gasteiger partial charge < -0.3 is 4.43 Å². The van der Waals surface area contributed by atoms with Gasteiger partial charge in [-0.3, -0.25) is 4.79 Å². The number of rotatable bonds is 2. The monoisotopic (exact) mass is 214 g/mol. The highest BCUT2D eigenvalue weighted by Gasteiger charge is 2.40. The number of Topliss-reactive ketones (excluding diaryl/α,β-unsaturated/α-hetero) is 1. The van der Waals surface area contributed by atoms with Gasteiger partial charge in [-0.05, 0) is 24.6 Å². The maximum atomic E-state index is 11.1. The number of hydrogen-bond acceptors (Lipinski definition) is 2. The second-order valence-electron chi connectivity index (χ2n) is 5.78. The number of carbonyl (C=O) groups excluding carboxylic acids is 1. The molecule has 0 aliphatic heterocycles. The fraction of sp³-hybridized carbons (Fsp3) is 0.909. The van der Waals surface area contributed by atoms with Crippen LogP contribution in [0.1, 0.15) is 40.0 Å². The van der Waals surface area contributed by atoms with Crippen LogP contribution in [0.3, 0.4) is 0 Å². The lowest BCUT2D eigenvalue weighted by atomic mass is 10.2. The van der Waals surface area contributed by atoms with Gasteiger partial charge in [0.2, 0.25) is 0 Å². The Morgan fingerprint density at radius 2 is 1.93 bits per heavy atom. The first-order valence-electron chi connectivity index (χ1n) is 5.42. The molecule has 0 amide bonds. The third-order valence-electron chi connectivity index (χ3n) is 3.47. The summed E-state index contributed by atoms with van der Waals surface area (Å²) in [5.74, 6) is 0.369. The Hall–Kier alpha value is -0.153. The lowest BCUT2D eigenvalue weighted by molar-refractivity contribution is -0.117. The summed E-state index contributed by atoms with van der Waals surface area (Å²) in [7, 11) is -1.65. The Bertz CT molecular complexity index is 228. The maximum absolute atomic E-state index is 11.1. The molecule has 14 heavy (non-hydrogen) atoms. The molecule has 0 bridgehead atoms. The number of ketones is 1.